The minimum absolute atomic E-state index is 0.302. The largest absolute Gasteiger partial charge is 0.414 e. The highest BCUT2D eigenvalue weighted by molar-refractivity contribution is 7.71. The molecule has 0 saturated carbocycles. The van der Waals surface area contributed by atoms with E-state index in [1.807, 2.05) is 25.1 Å². The smallest absolute Gasteiger partial charge is 0.284 e. The van der Waals surface area contributed by atoms with E-state index < -0.39 is 0 Å². The van der Waals surface area contributed by atoms with Gasteiger partial charge in [0.25, 0.3) is 4.84 Å². The van der Waals surface area contributed by atoms with E-state index in [2.05, 4.69) is 10.2 Å². The molecule has 0 saturated heterocycles. The van der Waals surface area contributed by atoms with Crippen LogP contribution in [0.2, 0.25) is 5.02 Å². The summed E-state index contributed by atoms with van der Waals surface area (Å²) in [6.45, 7) is 2.00. The molecule has 0 fully saturated rings. The zero-order valence-corrected chi connectivity index (χ0v) is 9.65. The molecular weight excluding hydrogens is 232 g/mol. The monoisotopic (exact) mass is 240 g/mol. The Hall–Kier alpha value is -1.13. The Labute approximate surface area is 97.1 Å². The molecule has 1 aromatic carbocycles. The SMILES string of the molecule is Cc1cc(Cl)ccc1Cc1n[nH]c(=S)o1. The van der Waals surface area contributed by atoms with Crippen LogP contribution in [0.4, 0.5) is 0 Å². The molecule has 1 heterocycles. The Balaban J connectivity index is 2.28. The van der Waals surface area contributed by atoms with E-state index in [4.69, 9.17) is 28.2 Å². The van der Waals surface area contributed by atoms with E-state index in [9.17, 15) is 0 Å². The normalized spacial score (nSPS) is 10.5. The number of hydrogen-bond donors (Lipinski definition) is 1. The summed E-state index contributed by atoms with van der Waals surface area (Å²) in [5.41, 5.74) is 2.25. The number of aromatic amines is 1. The van der Waals surface area contributed by atoms with Gasteiger partial charge in [-0.3, -0.25) is 0 Å². The van der Waals surface area contributed by atoms with Gasteiger partial charge in [0.2, 0.25) is 5.89 Å². The van der Waals surface area contributed by atoms with Crippen molar-refractivity contribution >= 4 is 23.8 Å². The standard InChI is InChI=1S/C10H9ClN2OS/c1-6-4-8(11)3-2-7(6)5-9-12-13-10(15)14-9/h2-4H,5H2,1H3,(H,13,15). The number of halogens is 1. The molecule has 0 unspecified atom stereocenters. The van der Waals surface area contributed by atoms with Crippen molar-refractivity contribution in [1.29, 1.82) is 0 Å². The lowest BCUT2D eigenvalue weighted by Gasteiger charge is -2.02. The second-order valence-electron chi connectivity index (χ2n) is 3.25. The molecule has 2 rings (SSSR count). The third-order valence-electron chi connectivity index (χ3n) is 2.13. The van der Waals surface area contributed by atoms with Crippen LogP contribution in [0.1, 0.15) is 17.0 Å². The van der Waals surface area contributed by atoms with Crippen LogP contribution < -0.4 is 0 Å². The zero-order chi connectivity index (χ0) is 10.8. The van der Waals surface area contributed by atoms with Crippen LogP contribution in [-0.2, 0) is 6.42 Å². The van der Waals surface area contributed by atoms with Crippen molar-refractivity contribution in [3.05, 3.63) is 45.1 Å². The van der Waals surface area contributed by atoms with E-state index in [0.717, 1.165) is 16.1 Å². The van der Waals surface area contributed by atoms with Gasteiger partial charge in [-0.1, -0.05) is 17.7 Å². The molecule has 0 amide bonds. The van der Waals surface area contributed by atoms with Crippen LogP contribution in [-0.4, -0.2) is 10.2 Å². The molecule has 0 aliphatic rings. The van der Waals surface area contributed by atoms with Crippen molar-refractivity contribution in [1.82, 2.24) is 10.2 Å². The maximum Gasteiger partial charge on any atom is 0.284 e. The Morgan fingerprint density at radius 2 is 2.33 bits per heavy atom. The summed E-state index contributed by atoms with van der Waals surface area (Å²) in [5.74, 6) is 0.588. The van der Waals surface area contributed by atoms with E-state index >= 15 is 0 Å². The average molecular weight is 241 g/mol. The van der Waals surface area contributed by atoms with Gasteiger partial charge >= 0.3 is 0 Å². The summed E-state index contributed by atoms with van der Waals surface area (Å²) in [4.78, 5) is 0.302. The highest BCUT2D eigenvalue weighted by Crippen LogP contribution is 2.17. The van der Waals surface area contributed by atoms with Gasteiger partial charge in [0, 0.05) is 5.02 Å². The minimum Gasteiger partial charge on any atom is -0.414 e. The van der Waals surface area contributed by atoms with Crippen molar-refractivity contribution < 1.29 is 4.42 Å². The molecule has 78 valence electrons. The molecule has 5 heteroatoms. The van der Waals surface area contributed by atoms with Gasteiger partial charge < -0.3 is 4.42 Å². The molecule has 2 aromatic rings. The van der Waals surface area contributed by atoms with Crippen LogP contribution >= 0.6 is 23.8 Å². The van der Waals surface area contributed by atoms with Gasteiger partial charge in [0.05, 0.1) is 6.42 Å². The Morgan fingerprint density at radius 3 is 2.93 bits per heavy atom. The first-order valence-electron chi connectivity index (χ1n) is 4.44. The summed E-state index contributed by atoms with van der Waals surface area (Å²) >= 11 is 10.7. The van der Waals surface area contributed by atoms with E-state index in [0.29, 0.717) is 17.1 Å². The van der Waals surface area contributed by atoms with Crippen molar-refractivity contribution in [2.45, 2.75) is 13.3 Å². The first-order valence-corrected chi connectivity index (χ1v) is 5.23. The Bertz CT molecular complexity index is 532. The van der Waals surface area contributed by atoms with Gasteiger partial charge in [-0.15, -0.1) is 5.10 Å². The molecule has 0 bridgehead atoms. The Morgan fingerprint density at radius 1 is 1.53 bits per heavy atom. The fourth-order valence-electron chi connectivity index (χ4n) is 1.36. The number of nitrogens with one attached hydrogen (secondary N) is 1. The van der Waals surface area contributed by atoms with Gasteiger partial charge in [0.1, 0.15) is 0 Å². The molecule has 0 aliphatic heterocycles. The quantitative estimate of drug-likeness (QED) is 0.819. The predicted molar refractivity (Wildman–Crippen MR) is 60.7 cm³/mol. The number of hydrogen-bond acceptors (Lipinski definition) is 3. The fraction of sp³-hybridized carbons (Fsp3) is 0.200. The summed E-state index contributed by atoms with van der Waals surface area (Å²) in [6.07, 6.45) is 0.621. The number of benzene rings is 1. The highest BCUT2D eigenvalue weighted by Gasteiger charge is 2.04. The van der Waals surface area contributed by atoms with Crippen molar-refractivity contribution in [2.24, 2.45) is 0 Å². The molecular formula is C10H9ClN2OS. The summed E-state index contributed by atoms with van der Waals surface area (Å²) < 4.78 is 5.19. The number of aryl methyl sites for hydroxylation is 1. The minimum atomic E-state index is 0.302. The maximum atomic E-state index is 5.86. The van der Waals surface area contributed by atoms with Gasteiger partial charge in [-0.25, -0.2) is 5.10 Å². The van der Waals surface area contributed by atoms with Crippen molar-refractivity contribution in [3.8, 4) is 0 Å². The number of nitrogens with zero attached hydrogens (tertiary/aromatic N) is 1. The third-order valence-corrected chi connectivity index (χ3v) is 2.54. The zero-order valence-electron chi connectivity index (χ0n) is 8.08. The fourth-order valence-corrected chi connectivity index (χ4v) is 1.73. The van der Waals surface area contributed by atoms with Crippen LogP contribution in [0.3, 0.4) is 0 Å². The molecule has 0 radical (unpaired) electrons. The van der Waals surface area contributed by atoms with E-state index in [1.54, 1.807) is 0 Å². The first-order chi connectivity index (χ1) is 7.15. The van der Waals surface area contributed by atoms with Crippen LogP contribution in [0.25, 0.3) is 0 Å². The van der Waals surface area contributed by atoms with Crippen molar-refractivity contribution in [3.63, 3.8) is 0 Å². The lowest BCUT2D eigenvalue weighted by Crippen LogP contribution is -1.91. The third kappa shape index (κ3) is 2.46. The Kier molecular flexibility index (Phi) is 2.88. The molecule has 0 atom stereocenters. The van der Waals surface area contributed by atoms with Gasteiger partial charge in [-0.05, 0) is 42.4 Å². The molecule has 1 N–H and O–H groups in total. The predicted octanol–water partition coefficient (Wildman–Crippen LogP) is 3.28. The second kappa shape index (κ2) is 4.16. The van der Waals surface area contributed by atoms with Crippen LogP contribution in [0, 0.1) is 11.8 Å². The van der Waals surface area contributed by atoms with E-state index in [1.165, 1.54) is 0 Å². The molecule has 15 heavy (non-hydrogen) atoms. The number of rotatable bonds is 2. The average Bonchev–Trinajstić information content (AvgIpc) is 2.56. The van der Waals surface area contributed by atoms with Crippen LogP contribution in [0.5, 0.6) is 0 Å². The first kappa shape index (κ1) is 10.4. The number of aromatic nitrogens is 2. The van der Waals surface area contributed by atoms with Gasteiger partial charge in [0.15, 0.2) is 0 Å². The topological polar surface area (TPSA) is 41.8 Å². The molecule has 0 aliphatic carbocycles. The lowest BCUT2D eigenvalue weighted by atomic mass is 10.1. The maximum absolute atomic E-state index is 5.86. The number of H-pyrrole nitrogens is 1. The summed E-state index contributed by atoms with van der Waals surface area (Å²) in [6, 6.07) is 5.73. The lowest BCUT2D eigenvalue weighted by molar-refractivity contribution is 0.491. The second-order valence-corrected chi connectivity index (χ2v) is 4.06. The molecule has 3 nitrogen and oxygen atoms in total. The summed E-state index contributed by atoms with van der Waals surface area (Å²) in [7, 11) is 0. The van der Waals surface area contributed by atoms with Crippen molar-refractivity contribution in [2.75, 3.05) is 0 Å². The van der Waals surface area contributed by atoms with E-state index in [-0.39, 0.29) is 0 Å². The molecule has 1 aromatic heterocycles. The summed E-state index contributed by atoms with van der Waals surface area (Å²) in [5, 5.41) is 7.27. The van der Waals surface area contributed by atoms with Crippen LogP contribution in [0.15, 0.2) is 22.6 Å². The van der Waals surface area contributed by atoms with Gasteiger partial charge in [-0.2, -0.15) is 0 Å². The highest BCUT2D eigenvalue weighted by atomic mass is 35.5. The molecule has 0 spiro atoms.